The van der Waals surface area contributed by atoms with Crippen LogP contribution < -0.4 is 15.5 Å². The van der Waals surface area contributed by atoms with E-state index in [9.17, 15) is 10.4 Å². The van der Waals surface area contributed by atoms with Crippen LogP contribution in [0, 0.1) is 17.9 Å². The molecule has 0 unspecified atom stereocenters. The predicted molar refractivity (Wildman–Crippen MR) is 131 cm³/mol. The van der Waals surface area contributed by atoms with E-state index < -0.39 is 0 Å². The van der Waals surface area contributed by atoms with Crippen LogP contribution in [0.2, 0.25) is 5.02 Å². The molecule has 35 heavy (non-hydrogen) atoms. The Labute approximate surface area is 206 Å². The van der Waals surface area contributed by atoms with Gasteiger partial charge in [0.05, 0.1) is 46.4 Å². The Balaban J connectivity index is 1.36. The lowest BCUT2D eigenvalue weighted by Gasteiger charge is -2.40. The molecule has 0 spiro atoms. The smallest absolute Gasteiger partial charge is 0.275 e. The molecule has 4 heterocycles. The van der Waals surface area contributed by atoms with Crippen molar-refractivity contribution in [2.24, 2.45) is 0 Å². The molecule has 12 heteroatoms. The number of nitrogens with one attached hydrogen (secondary N) is 2. The molecule has 2 saturated heterocycles. The number of aromatic nitrogens is 4. The Bertz CT molecular complexity index is 1390. The number of halogens is 1. The number of nitrogens with zero attached hydrogens (tertiary/aromatic N) is 8. The third kappa shape index (κ3) is 3.98. The SMILES string of the molecule is [C-]#[N+]c1cnc2c(NC3CC3)nc(Nc3cc(C#N)cc(N4CCN5CC[C@H](O)[C@H]5C4)c3Cl)nn12. The first-order valence-electron chi connectivity index (χ1n) is 11.6. The Hall–Kier alpha value is -3.64. The first-order chi connectivity index (χ1) is 17.0. The fourth-order valence-electron chi connectivity index (χ4n) is 4.83. The van der Waals surface area contributed by atoms with E-state index >= 15 is 0 Å². The lowest BCUT2D eigenvalue weighted by Crippen LogP contribution is -2.53. The van der Waals surface area contributed by atoms with E-state index in [2.05, 4.69) is 46.4 Å². The molecule has 11 nitrogen and oxygen atoms in total. The quantitative estimate of drug-likeness (QED) is 0.463. The van der Waals surface area contributed by atoms with Crippen molar-refractivity contribution in [2.75, 3.05) is 41.7 Å². The second kappa shape index (κ2) is 8.54. The summed E-state index contributed by atoms with van der Waals surface area (Å²) in [6, 6.07) is 6.04. The lowest BCUT2D eigenvalue weighted by molar-refractivity contribution is 0.108. The molecular formula is C23H23ClN10O. The van der Waals surface area contributed by atoms with Gasteiger partial charge in [0.2, 0.25) is 0 Å². The maximum absolute atomic E-state index is 10.4. The minimum Gasteiger partial charge on any atom is -0.391 e. The molecule has 1 aromatic carbocycles. The number of fused-ring (bicyclic) bond motifs is 2. The molecule has 3 fully saturated rings. The number of benzene rings is 1. The maximum Gasteiger partial charge on any atom is 0.275 e. The van der Waals surface area contributed by atoms with Crippen LogP contribution in [0.15, 0.2) is 18.3 Å². The Morgan fingerprint density at radius 3 is 2.86 bits per heavy atom. The van der Waals surface area contributed by atoms with Gasteiger partial charge >= 0.3 is 0 Å². The number of piperazine rings is 1. The van der Waals surface area contributed by atoms with Gasteiger partial charge in [0.25, 0.3) is 17.4 Å². The summed E-state index contributed by atoms with van der Waals surface area (Å²) in [5.74, 6) is 1.05. The normalized spacial score (nSPS) is 22.0. The number of hydrogen-bond acceptors (Lipinski definition) is 9. The van der Waals surface area contributed by atoms with Gasteiger partial charge in [0.1, 0.15) is 0 Å². The van der Waals surface area contributed by atoms with E-state index in [0.29, 0.717) is 40.3 Å². The van der Waals surface area contributed by atoms with Gasteiger partial charge in [0, 0.05) is 32.2 Å². The highest BCUT2D eigenvalue weighted by Crippen LogP contribution is 2.38. The fraction of sp³-hybridized carbons (Fsp3) is 0.435. The predicted octanol–water partition coefficient (Wildman–Crippen LogP) is 2.77. The van der Waals surface area contributed by atoms with Crippen molar-refractivity contribution >= 4 is 46.2 Å². The molecule has 178 valence electrons. The molecule has 3 aliphatic rings. The minimum absolute atomic E-state index is 0.0528. The largest absolute Gasteiger partial charge is 0.391 e. The van der Waals surface area contributed by atoms with Crippen molar-refractivity contribution in [3.8, 4) is 6.07 Å². The van der Waals surface area contributed by atoms with E-state index in [4.69, 9.17) is 18.2 Å². The van der Waals surface area contributed by atoms with Crippen LogP contribution in [0.1, 0.15) is 24.8 Å². The van der Waals surface area contributed by atoms with Crippen LogP contribution in [0.3, 0.4) is 0 Å². The molecular weight excluding hydrogens is 468 g/mol. The Kier molecular flexibility index (Phi) is 5.33. The van der Waals surface area contributed by atoms with Crippen molar-refractivity contribution in [3.63, 3.8) is 0 Å². The van der Waals surface area contributed by atoms with Gasteiger partial charge < -0.3 is 25.5 Å². The molecule has 1 saturated carbocycles. The molecule has 3 aromatic rings. The Morgan fingerprint density at radius 1 is 1.23 bits per heavy atom. The molecule has 2 aliphatic heterocycles. The summed E-state index contributed by atoms with van der Waals surface area (Å²) in [4.78, 5) is 16.8. The zero-order chi connectivity index (χ0) is 24.1. The van der Waals surface area contributed by atoms with Crippen molar-refractivity contribution in [1.82, 2.24) is 24.5 Å². The van der Waals surface area contributed by atoms with Gasteiger partial charge in [-0.1, -0.05) is 23.3 Å². The van der Waals surface area contributed by atoms with Crippen LogP contribution in [-0.2, 0) is 0 Å². The molecule has 2 aromatic heterocycles. The van der Waals surface area contributed by atoms with E-state index in [1.54, 1.807) is 12.1 Å². The maximum atomic E-state index is 10.4. The van der Waals surface area contributed by atoms with E-state index in [0.717, 1.165) is 44.6 Å². The van der Waals surface area contributed by atoms with Crippen molar-refractivity contribution < 1.29 is 5.11 Å². The number of anilines is 4. The number of hydrogen-bond donors (Lipinski definition) is 3. The van der Waals surface area contributed by atoms with Crippen LogP contribution in [0.4, 0.5) is 29.0 Å². The van der Waals surface area contributed by atoms with E-state index in [-0.39, 0.29) is 23.9 Å². The highest BCUT2D eigenvalue weighted by atomic mass is 35.5. The van der Waals surface area contributed by atoms with Crippen molar-refractivity contribution in [1.29, 1.82) is 5.26 Å². The summed E-state index contributed by atoms with van der Waals surface area (Å²) in [5, 5.41) is 31.5. The van der Waals surface area contributed by atoms with Crippen LogP contribution >= 0.6 is 11.6 Å². The minimum atomic E-state index is -0.363. The summed E-state index contributed by atoms with van der Waals surface area (Å²) in [6.07, 6.45) is 3.99. The summed E-state index contributed by atoms with van der Waals surface area (Å²) >= 11 is 6.86. The van der Waals surface area contributed by atoms with Gasteiger partial charge in [0.15, 0.2) is 5.82 Å². The zero-order valence-electron chi connectivity index (χ0n) is 18.8. The van der Waals surface area contributed by atoms with Gasteiger partial charge in [-0.2, -0.15) is 10.2 Å². The number of aliphatic hydroxyl groups is 1. The molecule has 0 bridgehead atoms. The first kappa shape index (κ1) is 21.9. The second-order valence-corrected chi connectivity index (χ2v) is 9.54. The van der Waals surface area contributed by atoms with Gasteiger partial charge in [-0.15, -0.1) is 4.52 Å². The summed E-state index contributed by atoms with van der Waals surface area (Å²) in [6.45, 7) is 10.5. The first-order valence-corrected chi connectivity index (χ1v) is 12.0. The number of nitriles is 1. The zero-order valence-corrected chi connectivity index (χ0v) is 19.6. The third-order valence-electron chi connectivity index (χ3n) is 6.84. The average Bonchev–Trinajstić information content (AvgIpc) is 3.47. The number of aliphatic hydroxyl groups excluding tert-OH is 1. The molecule has 2 atom stereocenters. The Morgan fingerprint density at radius 2 is 2.09 bits per heavy atom. The summed E-state index contributed by atoms with van der Waals surface area (Å²) < 4.78 is 1.46. The fourth-order valence-corrected chi connectivity index (χ4v) is 5.11. The highest BCUT2D eigenvalue weighted by Gasteiger charge is 2.37. The monoisotopic (exact) mass is 490 g/mol. The lowest BCUT2D eigenvalue weighted by atomic mass is 10.1. The molecule has 3 N–H and O–H groups in total. The summed E-state index contributed by atoms with van der Waals surface area (Å²) in [5.41, 5.74) is 2.16. The second-order valence-electron chi connectivity index (χ2n) is 9.17. The van der Waals surface area contributed by atoms with Crippen LogP contribution in [-0.4, -0.2) is 74.0 Å². The number of rotatable bonds is 5. The third-order valence-corrected chi connectivity index (χ3v) is 7.23. The molecule has 0 radical (unpaired) electrons. The van der Waals surface area contributed by atoms with Crippen molar-refractivity contribution in [2.45, 2.75) is 37.5 Å². The molecule has 0 amide bonds. The number of imidazole rings is 1. The van der Waals surface area contributed by atoms with Gasteiger partial charge in [-0.05, 0) is 31.4 Å². The van der Waals surface area contributed by atoms with E-state index in [1.165, 1.54) is 10.7 Å². The average molecular weight is 491 g/mol. The highest BCUT2D eigenvalue weighted by molar-refractivity contribution is 6.36. The molecule has 6 rings (SSSR count). The van der Waals surface area contributed by atoms with Gasteiger partial charge in [-0.25, -0.2) is 4.98 Å². The standard InChI is InChI=1S/C23H23ClN10O/c1-26-19-11-27-22-21(28-14-2-3-14)30-23(31-34(19)22)29-15-8-13(10-25)9-16(20(15)24)33-7-6-32-5-4-18(35)17(32)12-33/h8-9,11,14,17-18,35H,2-7,12H2,(H2,28,29,30,31)/t17-,18+/m1/s1. The van der Waals surface area contributed by atoms with E-state index in [1.807, 2.05) is 0 Å². The van der Waals surface area contributed by atoms with Crippen LogP contribution in [0.25, 0.3) is 10.5 Å². The van der Waals surface area contributed by atoms with Crippen LogP contribution in [0.5, 0.6) is 0 Å². The topological polar surface area (TPSA) is 122 Å². The van der Waals surface area contributed by atoms with Crippen molar-refractivity contribution in [3.05, 3.63) is 40.3 Å². The van der Waals surface area contributed by atoms with Gasteiger partial charge in [-0.3, -0.25) is 4.90 Å². The molecule has 1 aliphatic carbocycles. The summed E-state index contributed by atoms with van der Waals surface area (Å²) in [7, 11) is 0.